The Morgan fingerprint density at radius 1 is 1.12 bits per heavy atom. The molecule has 0 fully saturated rings. The SMILES string of the molecule is CCOc1cccc(CNC(=O)c2cccc(S(=O)(=O)N(C)C)c2)c1. The van der Waals surface area contributed by atoms with Crippen LogP contribution in [0.5, 0.6) is 5.75 Å². The van der Waals surface area contributed by atoms with Crippen LogP contribution in [0.3, 0.4) is 0 Å². The van der Waals surface area contributed by atoms with Gasteiger partial charge in [-0.2, -0.15) is 0 Å². The number of nitrogens with one attached hydrogen (secondary N) is 1. The van der Waals surface area contributed by atoms with Gasteiger partial charge in [0, 0.05) is 26.2 Å². The minimum Gasteiger partial charge on any atom is -0.494 e. The Balaban J connectivity index is 2.10. The molecular weight excluding hydrogens is 340 g/mol. The van der Waals surface area contributed by atoms with Gasteiger partial charge in [0.2, 0.25) is 10.0 Å². The molecule has 1 N–H and O–H groups in total. The Labute approximate surface area is 148 Å². The summed E-state index contributed by atoms with van der Waals surface area (Å²) in [5.41, 5.74) is 1.19. The second-order valence-corrected chi connectivity index (χ2v) is 7.73. The van der Waals surface area contributed by atoms with Crippen LogP contribution >= 0.6 is 0 Å². The van der Waals surface area contributed by atoms with Crippen LogP contribution in [-0.2, 0) is 16.6 Å². The molecule has 134 valence electrons. The highest BCUT2D eigenvalue weighted by Gasteiger charge is 2.18. The van der Waals surface area contributed by atoms with Crippen LogP contribution in [0.1, 0.15) is 22.8 Å². The number of sulfonamides is 1. The van der Waals surface area contributed by atoms with E-state index < -0.39 is 10.0 Å². The average Bonchev–Trinajstić information content (AvgIpc) is 2.60. The summed E-state index contributed by atoms with van der Waals surface area (Å²) < 4.78 is 30.9. The van der Waals surface area contributed by atoms with Crippen molar-refractivity contribution in [2.45, 2.75) is 18.4 Å². The molecule has 0 bridgehead atoms. The zero-order valence-corrected chi connectivity index (χ0v) is 15.3. The number of hydrogen-bond acceptors (Lipinski definition) is 4. The molecule has 2 rings (SSSR count). The third kappa shape index (κ3) is 4.80. The first-order valence-corrected chi connectivity index (χ1v) is 9.31. The first kappa shape index (κ1) is 19.0. The maximum absolute atomic E-state index is 12.3. The van der Waals surface area contributed by atoms with E-state index in [0.717, 1.165) is 15.6 Å². The summed E-state index contributed by atoms with van der Waals surface area (Å²) in [4.78, 5) is 12.4. The van der Waals surface area contributed by atoms with Crippen molar-refractivity contribution in [2.24, 2.45) is 0 Å². The topological polar surface area (TPSA) is 75.7 Å². The normalized spacial score (nSPS) is 11.4. The predicted molar refractivity (Wildman–Crippen MR) is 96.1 cm³/mol. The third-order valence-corrected chi connectivity index (χ3v) is 5.35. The van der Waals surface area contributed by atoms with Crippen molar-refractivity contribution in [3.63, 3.8) is 0 Å². The highest BCUT2D eigenvalue weighted by atomic mass is 32.2. The molecule has 0 heterocycles. The molecule has 0 aromatic heterocycles. The summed E-state index contributed by atoms with van der Waals surface area (Å²) in [5.74, 6) is 0.408. The molecule has 0 aliphatic heterocycles. The van der Waals surface area contributed by atoms with Crippen molar-refractivity contribution < 1.29 is 17.9 Å². The standard InChI is InChI=1S/C18H22N2O4S/c1-4-24-16-9-5-7-14(11-16)13-19-18(21)15-8-6-10-17(12-15)25(22,23)20(2)3/h5-12H,4,13H2,1-3H3,(H,19,21). The molecule has 2 aromatic rings. The van der Waals surface area contributed by atoms with Gasteiger partial charge in [0.05, 0.1) is 11.5 Å². The van der Waals surface area contributed by atoms with Crippen molar-refractivity contribution in [1.82, 2.24) is 9.62 Å². The lowest BCUT2D eigenvalue weighted by atomic mass is 10.2. The van der Waals surface area contributed by atoms with Crippen LogP contribution in [0.2, 0.25) is 0 Å². The van der Waals surface area contributed by atoms with Crippen molar-refractivity contribution in [3.05, 3.63) is 59.7 Å². The van der Waals surface area contributed by atoms with Crippen molar-refractivity contribution in [2.75, 3.05) is 20.7 Å². The smallest absolute Gasteiger partial charge is 0.251 e. The minimum absolute atomic E-state index is 0.0866. The highest BCUT2D eigenvalue weighted by Crippen LogP contribution is 2.16. The molecule has 0 saturated carbocycles. The van der Waals surface area contributed by atoms with Gasteiger partial charge in [-0.15, -0.1) is 0 Å². The lowest BCUT2D eigenvalue weighted by Crippen LogP contribution is -2.25. The van der Waals surface area contributed by atoms with Gasteiger partial charge in [-0.1, -0.05) is 18.2 Å². The summed E-state index contributed by atoms with van der Waals surface area (Å²) >= 11 is 0. The lowest BCUT2D eigenvalue weighted by molar-refractivity contribution is 0.0950. The molecule has 0 radical (unpaired) electrons. The number of hydrogen-bond donors (Lipinski definition) is 1. The number of nitrogens with zero attached hydrogens (tertiary/aromatic N) is 1. The molecule has 2 aromatic carbocycles. The Bertz CT molecular complexity index is 848. The predicted octanol–water partition coefficient (Wildman–Crippen LogP) is 2.27. The van der Waals surface area contributed by atoms with Gasteiger partial charge in [-0.3, -0.25) is 4.79 Å². The molecule has 1 amide bonds. The molecular formula is C18H22N2O4S. The van der Waals surface area contributed by atoms with Gasteiger partial charge in [-0.25, -0.2) is 12.7 Å². The lowest BCUT2D eigenvalue weighted by Gasteiger charge is -2.12. The quantitative estimate of drug-likeness (QED) is 0.820. The fourth-order valence-corrected chi connectivity index (χ4v) is 3.15. The Morgan fingerprint density at radius 2 is 1.84 bits per heavy atom. The van der Waals surface area contributed by atoms with Crippen LogP contribution in [0.15, 0.2) is 53.4 Å². The van der Waals surface area contributed by atoms with Crippen LogP contribution in [0.25, 0.3) is 0 Å². The number of benzene rings is 2. The molecule has 7 heteroatoms. The van der Waals surface area contributed by atoms with Crippen LogP contribution in [-0.4, -0.2) is 39.3 Å². The molecule has 0 unspecified atom stereocenters. The number of rotatable bonds is 7. The van der Waals surface area contributed by atoms with E-state index in [1.165, 1.54) is 26.2 Å². The first-order chi connectivity index (χ1) is 11.8. The number of carbonyl (C=O) groups is 1. The third-order valence-electron chi connectivity index (χ3n) is 3.54. The fourth-order valence-electron chi connectivity index (χ4n) is 2.20. The molecule has 0 spiro atoms. The summed E-state index contributed by atoms with van der Waals surface area (Å²) in [6, 6.07) is 13.4. The number of ether oxygens (including phenoxy) is 1. The second-order valence-electron chi connectivity index (χ2n) is 5.58. The first-order valence-electron chi connectivity index (χ1n) is 7.87. The molecule has 25 heavy (non-hydrogen) atoms. The Morgan fingerprint density at radius 3 is 2.52 bits per heavy atom. The van der Waals surface area contributed by atoms with E-state index >= 15 is 0 Å². The fraction of sp³-hybridized carbons (Fsp3) is 0.278. The molecule has 0 aliphatic rings. The van der Waals surface area contributed by atoms with E-state index in [4.69, 9.17) is 4.74 Å². The van der Waals surface area contributed by atoms with E-state index in [-0.39, 0.29) is 10.8 Å². The molecule has 6 nitrogen and oxygen atoms in total. The second kappa shape index (κ2) is 8.13. The van der Waals surface area contributed by atoms with Crippen molar-refractivity contribution in [3.8, 4) is 5.75 Å². The largest absolute Gasteiger partial charge is 0.494 e. The van der Waals surface area contributed by atoms with Gasteiger partial charge in [0.1, 0.15) is 5.75 Å². The summed E-state index contributed by atoms with van der Waals surface area (Å²) in [6.07, 6.45) is 0. The van der Waals surface area contributed by atoms with Gasteiger partial charge in [0.25, 0.3) is 5.91 Å². The van der Waals surface area contributed by atoms with Crippen molar-refractivity contribution in [1.29, 1.82) is 0 Å². The van der Waals surface area contributed by atoms with Crippen LogP contribution < -0.4 is 10.1 Å². The molecule has 0 aliphatic carbocycles. The summed E-state index contributed by atoms with van der Waals surface area (Å²) in [7, 11) is -0.672. The van der Waals surface area contributed by atoms with E-state index in [2.05, 4.69) is 5.32 Å². The number of amides is 1. The van der Waals surface area contributed by atoms with E-state index in [1.54, 1.807) is 12.1 Å². The maximum Gasteiger partial charge on any atom is 0.251 e. The zero-order chi connectivity index (χ0) is 18.4. The Kier molecular flexibility index (Phi) is 6.17. The van der Waals surface area contributed by atoms with Gasteiger partial charge >= 0.3 is 0 Å². The average molecular weight is 362 g/mol. The minimum atomic E-state index is -3.58. The Hall–Kier alpha value is -2.38. The van der Waals surface area contributed by atoms with Gasteiger partial charge in [0.15, 0.2) is 0 Å². The highest BCUT2D eigenvalue weighted by molar-refractivity contribution is 7.89. The van der Waals surface area contributed by atoms with E-state index in [1.807, 2.05) is 31.2 Å². The maximum atomic E-state index is 12.3. The van der Waals surface area contributed by atoms with Crippen molar-refractivity contribution >= 4 is 15.9 Å². The molecule has 0 saturated heterocycles. The van der Waals surface area contributed by atoms with Gasteiger partial charge < -0.3 is 10.1 Å². The van der Waals surface area contributed by atoms with E-state index in [9.17, 15) is 13.2 Å². The number of carbonyl (C=O) groups excluding carboxylic acids is 1. The zero-order valence-electron chi connectivity index (χ0n) is 14.5. The molecule has 0 atom stereocenters. The summed E-state index contributed by atoms with van der Waals surface area (Å²) in [6.45, 7) is 2.80. The van der Waals surface area contributed by atoms with Crippen LogP contribution in [0, 0.1) is 0 Å². The van der Waals surface area contributed by atoms with Crippen LogP contribution in [0.4, 0.5) is 0 Å². The summed E-state index contributed by atoms with van der Waals surface area (Å²) in [5, 5.41) is 2.79. The monoisotopic (exact) mass is 362 g/mol. The van der Waals surface area contributed by atoms with E-state index in [0.29, 0.717) is 18.7 Å². The van der Waals surface area contributed by atoms with Gasteiger partial charge in [-0.05, 0) is 42.8 Å².